The summed E-state index contributed by atoms with van der Waals surface area (Å²) in [7, 11) is -4.98. The topological polar surface area (TPSA) is 161 Å². The number of ether oxygens (including phenoxy) is 2. The number of carbonyl (C=O) groups is 1. The van der Waals surface area contributed by atoms with Crippen LogP contribution in [0.15, 0.2) is 65.8 Å². The first-order valence-corrected chi connectivity index (χ1v) is 11.0. The standard InChI is InChI=1S/C20H12O5.CH2NO4PS.Ca/c21-11-5-7-15-17(9-11)24-18-10-12(22)6-8-16(18)20(15)14-4-2-1-3-13(14)19(23)25-20;3-7(4,5)6-2-1-8;/h1-10,21-22H;(H2,3,4,5);/q;;+2/p-2. The van der Waals surface area contributed by atoms with E-state index in [2.05, 4.69) is 22.0 Å². The molecule has 3 aromatic rings. The summed E-state index contributed by atoms with van der Waals surface area (Å²) in [5.41, 5.74) is 1.28. The van der Waals surface area contributed by atoms with Crippen LogP contribution in [0.5, 0.6) is 23.0 Å². The summed E-state index contributed by atoms with van der Waals surface area (Å²) in [6, 6.07) is 16.6. The number of phosphoric acid groups is 1. The third kappa shape index (κ3) is 4.84. The zero-order chi connectivity index (χ0) is 23.8. The van der Waals surface area contributed by atoms with Gasteiger partial charge in [-0.2, -0.15) is 0 Å². The van der Waals surface area contributed by atoms with Crippen LogP contribution in [0, 0.1) is 0 Å². The Morgan fingerprint density at radius 3 is 2.03 bits per heavy atom. The van der Waals surface area contributed by atoms with E-state index in [1.807, 2.05) is 12.1 Å². The van der Waals surface area contributed by atoms with Gasteiger partial charge in [0.25, 0.3) is 0 Å². The molecule has 13 heteroatoms. The van der Waals surface area contributed by atoms with Gasteiger partial charge in [0.15, 0.2) is 5.60 Å². The van der Waals surface area contributed by atoms with Gasteiger partial charge < -0.3 is 38.7 Å². The van der Waals surface area contributed by atoms with E-state index in [0.29, 0.717) is 33.8 Å². The molecule has 0 aliphatic carbocycles. The van der Waals surface area contributed by atoms with Crippen LogP contribution >= 0.6 is 20.0 Å². The van der Waals surface area contributed by atoms with Crippen molar-refractivity contribution in [3.8, 4) is 23.0 Å². The number of thiocarbonyl (C=S) groups is 1. The summed E-state index contributed by atoms with van der Waals surface area (Å²) < 4.78 is 24.5. The van der Waals surface area contributed by atoms with Gasteiger partial charge in [0.1, 0.15) is 36.0 Å². The summed E-state index contributed by atoms with van der Waals surface area (Å²) in [4.78, 5) is 31.5. The number of phenolic OH excluding ortho intramolecular Hbond substituents is 2. The Kier molecular flexibility index (Phi) is 7.72. The largest absolute Gasteiger partial charge is 2.00 e. The average molecular weight is 525 g/mol. The van der Waals surface area contributed by atoms with Crippen LogP contribution in [-0.2, 0) is 19.5 Å². The van der Waals surface area contributed by atoms with Crippen LogP contribution in [0.25, 0.3) is 0 Å². The van der Waals surface area contributed by atoms with Crippen molar-refractivity contribution in [3.05, 3.63) is 82.9 Å². The Morgan fingerprint density at radius 1 is 0.971 bits per heavy atom. The number of carbonyl (C=O) groups excluding carboxylic acids is 1. The maximum Gasteiger partial charge on any atom is 2.00 e. The number of fused-ring (bicyclic) bond motifs is 6. The smallest absolute Gasteiger partial charge is 0.778 e. The molecule has 10 nitrogen and oxygen atoms in total. The first kappa shape index (κ1) is 26.1. The Hall–Kier alpha value is -2.46. The minimum absolute atomic E-state index is 0. The van der Waals surface area contributed by atoms with Gasteiger partial charge in [0.2, 0.25) is 0 Å². The molecule has 2 N–H and O–H groups in total. The van der Waals surface area contributed by atoms with E-state index < -0.39 is 19.4 Å². The second-order valence-corrected chi connectivity index (χ2v) is 8.03. The van der Waals surface area contributed by atoms with Gasteiger partial charge in [-0.3, -0.25) is 0 Å². The number of nitrogens with zero attached hydrogens (tertiary/aromatic N) is 1. The van der Waals surface area contributed by atoms with Gasteiger partial charge in [-0.05, 0) is 47.7 Å². The summed E-state index contributed by atoms with van der Waals surface area (Å²) in [5.74, 6) is 0.408. The summed E-state index contributed by atoms with van der Waals surface area (Å²) in [6.07, 6.45) is 0. The van der Waals surface area contributed by atoms with Gasteiger partial charge in [-0.25, -0.2) is 4.79 Å². The molecule has 0 unspecified atom stereocenters. The second-order valence-electron chi connectivity index (χ2n) is 6.79. The van der Waals surface area contributed by atoms with Crippen LogP contribution in [0.1, 0.15) is 27.0 Å². The normalized spacial score (nSPS) is 13.9. The van der Waals surface area contributed by atoms with Crippen LogP contribution in [-0.4, -0.2) is 59.1 Å². The van der Waals surface area contributed by atoms with Crippen molar-refractivity contribution in [2.24, 2.45) is 5.16 Å². The molecular weight excluding hydrogens is 513 g/mol. The van der Waals surface area contributed by atoms with Crippen LogP contribution in [0.3, 0.4) is 0 Å². The molecule has 2 aliphatic heterocycles. The van der Waals surface area contributed by atoms with Gasteiger partial charge in [-0.1, -0.05) is 18.2 Å². The Balaban J connectivity index is 0.000000314. The van der Waals surface area contributed by atoms with Crippen molar-refractivity contribution >= 4 is 68.9 Å². The Morgan fingerprint density at radius 2 is 1.53 bits per heavy atom. The van der Waals surface area contributed by atoms with Gasteiger partial charge in [0, 0.05) is 28.8 Å². The Labute approximate surface area is 227 Å². The minimum Gasteiger partial charge on any atom is -0.778 e. The van der Waals surface area contributed by atoms with Crippen molar-refractivity contribution in [2.45, 2.75) is 5.60 Å². The SMILES string of the molecule is O=C1OC2(c3ccc(O)cc3Oc3cc(O)ccc32)c2ccccc21.O=P([O-])([O-])ON=C=S.[Ca+2]. The minimum atomic E-state index is -4.98. The number of rotatable bonds is 2. The zero-order valence-corrected chi connectivity index (χ0v) is 21.0. The van der Waals surface area contributed by atoms with E-state index in [4.69, 9.17) is 9.47 Å². The molecule has 0 aromatic heterocycles. The van der Waals surface area contributed by atoms with Crippen molar-refractivity contribution in [1.29, 1.82) is 0 Å². The molecule has 3 aromatic carbocycles. The van der Waals surface area contributed by atoms with Gasteiger partial charge >= 0.3 is 43.7 Å². The molecular formula is C21H12CaNO9PS. The molecule has 1 spiro atoms. The molecule has 34 heavy (non-hydrogen) atoms. The maximum atomic E-state index is 12.5. The number of esters is 1. The van der Waals surface area contributed by atoms with E-state index in [9.17, 15) is 29.4 Å². The Bertz CT molecular complexity index is 1320. The predicted molar refractivity (Wildman–Crippen MR) is 117 cm³/mol. The number of hydrogen-bond donors (Lipinski definition) is 2. The monoisotopic (exact) mass is 525 g/mol. The number of hydrogen-bond acceptors (Lipinski definition) is 11. The summed E-state index contributed by atoms with van der Waals surface area (Å²) in [6.45, 7) is 0. The molecule has 0 radical (unpaired) electrons. The first-order chi connectivity index (χ1) is 15.7. The molecule has 0 fully saturated rings. The number of aromatic hydroxyl groups is 2. The van der Waals surface area contributed by atoms with Crippen LogP contribution in [0.4, 0.5) is 0 Å². The number of isothiocyanates is 1. The van der Waals surface area contributed by atoms with E-state index >= 15 is 0 Å². The first-order valence-electron chi connectivity index (χ1n) is 9.11. The van der Waals surface area contributed by atoms with Gasteiger partial charge in [-0.15, -0.1) is 0 Å². The average Bonchev–Trinajstić information content (AvgIpc) is 3.05. The molecule has 0 atom stereocenters. The molecule has 0 saturated heterocycles. The van der Waals surface area contributed by atoms with Crippen LogP contribution in [0.2, 0.25) is 0 Å². The third-order valence-electron chi connectivity index (χ3n) is 4.86. The fourth-order valence-corrected chi connectivity index (χ4v) is 3.95. The van der Waals surface area contributed by atoms with Crippen molar-refractivity contribution in [3.63, 3.8) is 0 Å². The van der Waals surface area contributed by atoms with Gasteiger partial charge in [0.05, 0.1) is 5.56 Å². The molecule has 0 saturated carbocycles. The van der Waals surface area contributed by atoms with Crippen LogP contribution < -0.4 is 14.5 Å². The quantitative estimate of drug-likeness (QED) is 0.127. The summed E-state index contributed by atoms with van der Waals surface area (Å²) in [5, 5.41) is 23.6. The predicted octanol–water partition coefficient (Wildman–Crippen LogP) is 2.13. The molecule has 2 aliphatic rings. The van der Waals surface area contributed by atoms with E-state index in [0.717, 1.165) is 0 Å². The molecule has 2 heterocycles. The van der Waals surface area contributed by atoms with Crippen molar-refractivity contribution < 1.29 is 43.5 Å². The van der Waals surface area contributed by atoms with E-state index in [-0.39, 0.29) is 49.2 Å². The molecule has 0 amide bonds. The molecule has 168 valence electrons. The van der Waals surface area contributed by atoms with E-state index in [1.165, 1.54) is 29.4 Å². The maximum absolute atomic E-state index is 12.5. The van der Waals surface area contributed by atoms with Crippen molar-refractivity contribution in [2.75, 3.05) is 0 Å². The third-order valence-corrected chi connectivity index (χ3v) is 5.22. The second kappa shape index (κ2) is 10.0. The fourth-order valence-electron chi connectivity index (χ4n) is 3.72. The fraction of sp³-hybridized carbons (Fsp3) is 0.0476. The molecule has 0 bridgehead atoms. The van der Waals surface area contributed by atoms with Crippen molar-refractivity contribution in [1.82, 2.24) is 0 Å². The zero-order valence-electron chi connectivity index (χ0n) is 17.0. The number of phenols is 2. The molecule has 5 rings (SSSR count). The number of benzene rings is 3. The summed E-state index contributed by atoms with van der Waals surface area (Å²) >= 11 is 3.88. The van der Waals surface area contributed by atoms with E-state index in [1.54, 1.807) is 24.3 Å².